The lowest BCUT2D eigenvalue weighted by molar-refractivity contribution is 0.406. The minimum atomic E-state index is 0.412. The van der Waals surface area contributed by atoms with Crippen molar-refractivity contribution in [2.75, 3.05) is 7.05 Å². The van der Waals surface area contributed by atoms with Crippen LogP contribution in [0.25, 0.3) is 0 Å². The van der Waals surface area contributed by atoms with E-state index in [2.05, 4.69) is 32.2 Å². The molecule has 17 heavy (non-hydrogen) atoms. The van der Waals surface area contributed by atoms with Crippen molar-refractivity contribution in [3.8, 4) is 0 Å². The van der Waals surface area contributed by atoms with Gasteiger partial charge in [-0.3, -0.25) is 0 Å². The molecule has 0 aliphatic rings. The zero-order valence-corrected chi connectivity index (χ0v) is 12.1. The summed E-state index contributed by atoms with van der Waals surface area (Å²) < 4.78 is 0. The van der Waals surface area contributed by atoms with Gasteiger partial charge in [0.2, 0.25) is 0 Å². The quantitative estimate of drug-likeness (QED) is 0.773. The van der Waals surface area contributed by atoms with E-state index in [4.69, 9.17) is 11.6 Å². The molecule has 1 rings (SSSR count). The second-order valence-corrected chi connectivity index (χ2v) is 5.33. The van der Waals surface area contributed by atoms with E-state index in [0.717, 1.165) is 10.9 Å². The molecule has 0 bridgehead atoms. The molecule has 0 saturated heterocycles. The molecular weight excluding hydrogens is 230 g/mol. The smallest absolute Gasteiger partial charge is 0.0438 e. The molecule has 2 atom stereocenters. The highest BCUT2D eigenvalue weighted by Gasteiger charge is 2.15. The highest BCUT2D eigenvalue weighted by atomic mass is 35.5. The molecule has 0 fully saturated rings. The largest absolute Gasteiger partial charge is 0.313 e. The summed E-state index contributed by atoms with van der Waals surface area (Å²) in [6, 6.07) is 6.60. The summed E-state index contributed by atoms with van der Waals surface area (Å²) in [5.74, 6) is 0.746. The Bertz CT molecular complexity index is 349. The lowest BCUT2D eigenvalue weighted by Gasteiger charge is -2.22. The van der Waals surface area contributed by atoms with Gasteiger partial charge in [0, 0.05) is 11.1 Å². The van der Waals surface area contributed by atoms with E-state index in [9.17, 15) is 0 Å². The van der Waals surface area contributed by atoms with E-state index < -0.39 is 0 Å². The molecule has 96 valence electrons. The summed E-state index contributed by atoms with van der Waals surface area (Å²) >= 11 is 6.18. The fraction of sp³-hybridized carbons (Fsp3) is 0.600. The third-order valence-electron chi connectivity index (χ3n) is 3.45. The minimum absolute atomic E-state index is 0.412. The third kappa shape index (κ3) is 4.01. The molecule has 2 heteroatoms. The lowest BCUT2D eigenvalue weighted by atomic mass is 9.91. The molecule has 0 aliphatic carbocycles. The Hall–Kier alpha value is -0.530. The van der Waals surface area contributed by atoms with Crippen molar-refractivity contribution < 1.29 is 0 Å². The number of halogens is 1. The van der Waals surface area contributed by atoms with E-state index >= 15 is 0 Å². The summed E-state index contributed by atoms with van der Waals surface area (Å²) in [6.07, 6.45) is 3.72. The second-order valence-electron chi connectivity index (χ2n) is 4.92. The van der Waals surface area contributed by atoms with Crippen LogP contribution in [-0.4, -0.2) is 7.05 Å². The van der Waals surface area contributed by atoms with E-state index in [0.29, 0.717) is 6.04 Å². The van der Waals surface area contributed by atoms with Gasteiger partial charge in [0.1, 0.15) is 0 Å². The summed E-state index contributed by atoms with van der Waals surface area (Å²) in [5.41, 5.74) is 2.54. The molecule has 0 radical (unpaired) electrons. The monoisotopic (exact) mass is 253 g/mol. The Labute approximate surface area is 111 Å². The maximum Gasteiger partial charge on any atom is 0.0438 e. The zero-order chi connectivity index (χ0) is 12.8. The molecule has 0 aliphatic heterocycles. The van der Waals surface area contributed by atoms with Crippen LogP contribution < -0.4 is 5.32 Å². The summed E-state index contributed by atoms with van der Waals surface area (Å²) in [5, 5.41) is 4.28. The Balaban J connectivity index is 2.82. The van der Waals surface area contributed by atoms with Crippen LogP contribution in [0.4, 0.5) is 0 Å². The fourth-order valence-corrected chi connectivity index (χ4v) is 2.60. The van der Waals surface area contributed by atoms with Gasteiger partial charge in [-0.2, -0.15) is 0 Å². The minimum Gasteiger partial charge on any atom is -0.313 e. The molecule has 0 heterocycles. The van der Waals surface area contributed by atoms with Gasteiger partial charge in [-0.1, -0.05) is 50.4 Å². The van der Waals surface area contributed by atoms with Crippen molar-refractivity contribution in [1.29, 1.82) is 0 Å². The van der Waals surface area contributed by atoms with Crippen molar-refractivity contribution in [2.45, 2.75) is 46.1 Å². The van der Waals surface area contributed by atoms with E-state index in [1.807, 2.05) is 19.2 Å². The molecule has 1 nitrogen and oxygen atoms in total. The summed E-state index contributed by atoms with van der Waals surface area (Å²) in [7, 11) is 2.03. The van der Waals surface area contributed by atoms with E-state index in [1.165, 1.54) is 30.4 Å². The van der Waals surface area contributed by atoms with Gasteiger partial charge in [0.25, 0.3) is 0 Å². The van der Waals surface area contributed by atoms with Crippen molar-refractivity contribution >= 4 is 11.6 Å². The van der Waals surface area contributed by atoms with Crippen LogP contribution in [0.15, 0.2) is 18.2 Å². The highest BCUT2D eigenvalue weighted by Crippen LogP contribution is 2.29. The first-order valence-corrected chi connectivity index (χ1v) is 6.90. The Kier molecular flexibility index (Phi) is 6.01. The maximum absolute atomic E-state index is 6.18. The molecule has 0 amide bonds. The van der Waals surface area contributed by atoms with Crippen molar-refractivity contribution in [3.05, 3.63) is 34.3 Å². The summed E-state index contributed by atoms with van der Waals surface area (Å²) in [6.45, 7) is 6.68. The van der Waals surface area contributed by atoms with E-state index in [-0.39, 0.29) is 0 Å². The topological polar surface area (TPSA) is 12.0 Å². The average Bonchev–Trinajstić information content (AvgIpc) is 2.30. The Morgan fingerprint density at radius 2 is 2.06 bits per heavy atom. The molecule has 0 aromatic heterocycles. The molecule has 2 unspecified atom stereocenters. The number of hydrogen-bond donors (Lipinski definition) is 1. The molecule has 0 saturated carbocycles. The van der Waals surface area contributed by atoms with Gasteiger partial charge < -0.3 is 5.32 Å². The Morgan fingerprint density at radius 3 is 2.65 bits per heavy atom. The molecular formula is C15H24ClN. The molecule has 1 aromatic rings. The molecule has 1 N–H and O–H groups in total. The molecule has 1 aromatic carbocycles. The first-order valence-electron chi connectivity index (χ1n) is 6.52. The van der Waals surface area contributed by atoms with Crippen LogP contribution in [0.3, 0.4) is 0 Å². The summed E-state index contributed by atoms with van der Waals surface area (Å²) in [4.78, 5) is 0. The standard InChI is InChI=1S/C15H24ClN/c1-5-7-11(2)10-15(17-4)13-8-6-9-14(16)12(13)3/h6,8-9,11,15,17H,5,7,10H2,1-4H3. The second kappa shape index (κ2) is 7.03. The fourth-order valence-electron chi connectivity index (χ4n) is 2.41. The van der Waals surface area contributed by atoms with Crippen LogP contribution in [0.2, 0.25) is 5.02 Å². The number of nitrogens with one attached hydrogen (secondary N) is 1. The van der Waals surface area contributed by atoms with Gasteiger partial charge in [-0.25, -0.2) is 0 Å². The first kappa shape index (κ1) is 14.5. The van der Waals surface area contributed by atoms with Crippen LogP contribution in [-0.2, 0) is 0 Å². The van der Waals surface area contributed by atoms with Crippen molar-refractivity contribution in [2.24, 2.45) is 5.92 Å². The van der Waals surface area contributed by atoms with Gasteiger partial charge in [0.05, 0.1) is 0 Å². The molecule has 0 spiro atoms. The van der Waals surface area contributed by atoms with Gasteiger partial charge in [-0.15, -0.1) is 0 Å². The maximum atomic E-state index is 6.18. The number of rotatable bonds is 6. The number of benzene rings is 1. The van der Waals surface area contributed by atoms with Gasteiger partial charge in [-0.05, 0) is 43.5 Å². The SMILES string of the molecule is CCCC(C)CC(NC)c1cccc(Cl)c1C. The zero-order valence-electron chi connectivity index (χ0n) is 11.4. The van der Waals surface area contributed by atoms with Gasteiger partial charge >= 0.3 is 0 Å². The van der Waals surface area contributed by atoms with Crippen LogP contribution in [0, 0.1) is 12.8 Å². The van der Waals surface area contributed by atoms with Crippen LogP contribution in [0.1, 0.15) is 50.3 Å². The van der Waals surface area contributed by atoms with Crippen molar-refractivity contribution in [3.63, 3.8) is 0 Å². The van der Waals surface area contributed by atoms with Gasteiger partial charge in [0.15, 0.2) is 0 Å². The number of hydrogen-bond acceptors (Lipinski definition) is 1. The van der Waals surface area contributed by atoms with Crippen LogP contribution in [0.5, 0.6) is 0 Å². The Morgan fingerprint density at radius 1 is 1.35 bits per heavy atom. The van der Waals surface area contributed by atoms with E-state index in [1.54, 1.807) is 0 Å². The van der Waals surface area contributed by atoms with Crippen LogP contribution >= 0.6 is 11.6 Å². The highest BCUT2D eigenvalue weighted by molar-refractivity contribution is 6.31. The lowest BCUT2D eigenvalue weighted by Crippen LogP contribution is -2.20. The predicted molar refractivity (Wildman–Crippen MR) is 76.7 cm³/mol. The van der Waals surface area contributed by atoms with Crippen molar-refractivity contribution in [1.82, 2.24) is 5.32 Å². The average molecular weight is 254 g/mol. The first-order chi connectivity index (χ1) is 8.10. The third-order valence-corrected chi connectivity index (χ3v) is 3.86. The predicted octanol–water partition coefficient (Wildman–Crippen LogP) is 4.74. The normalized spacial score (nSPS) is 14.6.